The minimum Gasteiger partial charge on any atom is -0.383 e. The summed E-state index contributed by atoms with van der Waals surface area (Å²) in [4.78, 5) is 11.6. The lowest BCUT2D eigenvalue weighted by Gasteiger charge is -2.05. The predicted molar refractivity (Wildman–Crippen MR) is 64.3 cm³/mol. The normalized spacial score (nSPS) is 10.4. The molecule has 1 heterocycles. The number of aromatic nitrogens is 2. The first-order chi connectivity index (χ1) is 7.65. The number of amides is 1. The molecule has 0 aliphatic carbocycles. The van der Waals surface area contributed by atoms with Gasteiger partial charge in [0.05, 0.1) is 5.69 Å². The lowest BCUT2D eigenvalue weighted by atomic mass is 10.2. The van der Waals surface area contributed by atoms with E-state index in [9.17, 15) is 4.79 Å². The van der Waals surface area contributed by atoms with Gasteiger partial charge in [-0.25, -0.2) is 4.79 Å². The standard InChI is InChI=1S/C11H20N4O/c1-3-4-5-6-7-13-11(16)15-10(12)8-9(2)14-15/h8H,3-7,12H2,1-2H3,(H,13,16). The number of anilines is 1. The number of nitrogens with zero attached hydrogens (tertiary/aromatic N) is 2. The van der Waals surface area contributed by atoms with Gasteiger partial charge in [-0.15, -0.1) is 0 Å². The molecule has 0 saturated carbocycles. The van der Waals surface area contributed by atoms with Gasteiger partial charge in [0, 0.05) is 12.6 Å². The quantitative estimate of drug-likeness (QED) is 0.750. The molecule has 0 aliphatic heterocycles. The van der Waals surface area contributed by atoms with Crippen molar-refractivity contribution in [2.75, 3.05) is 12.3 Å². The zero-order chi connectivity index (χ0) is 12.0. The molecule has 5 nitrogen and oxygen atoms in total. The van der Waals surface area contributed by atoms with Crippen LogP contribution in [0.15, 0.2) is 6.07 Å². The van der Waals surface area contributed by atoms with Crippen LogP contribution in [-0.4, -0.2) is 22.4 Å². The summed E-state index contributed by atoms with van der Waals surface area (Å²) in [7, 11) is 0. The van der Waals surface area contributed by atoms with Gasteiger partial charge in [0.15, 0.2) is 0 Å². The van der Waals surface area contributed by atoms with Gasteiger partial charge in [0.2, 0.25) is 0 Å². The number of nitrogen functional groups attached to an aromatic ring is 1. The van der Waals surface area contributed by atoms with Crippen LogP contribution < -0.4 is 11.1 Å². The summed E-state index contributed by atoms with van der Waals surface area (Å²) in [6, 6.07) is 1.43. The van der Waals surface area contributed by atoms with Crippen LogP contribution in [0.2, 0.25) is 0 Å². The van der Waals surface area contributed by atoms with Crippen molar-refractivity contribution in [1.29, 1.82) is 0 Å². The zero-order valence-corrected chi connectivity index (χ0v) is 9.99. The van der Waals surface area contributed by atoms with E-state index in [4.69, 9.17) is 5.73 Å². The molecule has 90 valence electrons. The largest absolute Gasteiger partial charge is 0.383 e. The van der Waals surface area contributed by atoms with Crippen molar-refractivity contribution in [2.24, 2.45) is 0 Å². The van der Waals surface area contributed by atoms with E-state index in [-0.39, 0.29) is 6.03 Å². The fraction of sp³-hybridized carbons (Fsp3) is 0.636. The maximum absolute atomic E-state index is 11.6. The molecule has 0 fully saturated rings. The first-order valence-electron chi connectivity index (χ1n) is 5.75. The number of carbonyl (C=O) groups excluding carboxylic acids is 1. The van der Waals surface area contributed by atoms with Crippen LogP contribution in [0.25, 0.3) is 0 Å². The van der Waals surface area contributed by atoms with Crippen molar-refractivity contribution in [1.82, 2.24) is 15.1 Å². The van der Waals surface area contributed by atoms with Crippen LogP contribution in [0.3, 0.4) is 0 Å². The predicted octanol–water partition coefficient (Wildman–Crippen LogP) is 1.91. The molecule has 5 heteroatoms. The second-order valence-corrected chi connectivity index (χ2v) is 3.91. The number of hydrogen-bond acceptors (Lipinski definition) is 3. The first kappa shape index (κ1) is 12.5. The van der Waals surface area contributed by atoms with Crippen LogP contribution in [0, 0.1) is 6.92 Å². The molecule has 0 saturated heterocycles. The average molecular weight is 224 g/mol. The number of nitrogens with one attached hydrogen (secondary N) is 1. The van der Waals surface area contributed by atoms with Crippen LogP contribution >= 0.6 is 0 Å². The Kier molecular flexibility index (Phi) is 4.82. The highest BCUT2D eigenvalue weighted by Crippen LogP contribution is 2.04. The van der Waals surface area contributed by atoms with E-state index < -0.39 is 0 Å². The molecule has 0 atom stereocenters. The van der Waals surface area contributed by atoms with Crippen molar-refractivity contribution in [3.05, 3.63) is 11.8 Å². The zero-order valence-electron chi connectivity index (χ0n) is 9.99. The highest BCUT2D eigenvalue weighted by Gasteiger charge is 2.09. The summed E-state index contributed by atoms with van der Waals surface area (Å²) >= 11 is 0. The number of carbonyl (C=O) groups is 1. The number of rotatable bonds is 5. The fourth-order valence-corrected chi connectivity index (χ4v) is 1.50. The van der Waals surface area contributed by atoms with Gasteiger partial charge in [0.1, 0.15) is 5.82 Å². The third-order valence-electron chi connectivity index (χ3n) is 2.36. The molecular formula is C11H20N4O. The van der Waals surface area contributed by atoms with Gasteiger partial charge in [0.25, 0.3) is 0 Å². The van der Waals surface area contributed by atoms with Gasteiger partial charge in [-0.3, -0.25) is 0 Å². The molecular weight excluding hydrogens is 204 g/mol. The highest BCUT2D eigenvalue weighted by atomic mass is 16.2. The van der Waals surface area contributed by atoms with E-state index in [1.165, 1.54) is 17.5 Å². The van der Waals surface area contributed by atoms with Crippen molar-refractivity contribution in [3.63, 3.8) is 0 Å². The maximum Gasteiger partial charge on any atom is 0.343 e. The van der Waals surface area contributed by atoms with Crippen molar-refractivity contribution >= 4 is 11.8 Å². The summed E-state index contributed by atoms with van der Waals surface area (Å²) in [5.41, 5.74) is 6.38. The minimum absolute atomic E-state index is 0.248. The van der Waals surface area contributed by atoms with E-state index in [1.54, 1.807) is 13.0 Å². The van der Waals surface area contributed by atoms with Gasteiger partial charge in [-0.05, 0) is 13.3 Å². The lowest BCUT2D eigenvalue weighted by molar-refractivity contribution is 0.239. The van der Waals surface area contributed by atoms with Crippen LogP contribution in [0.5, 0.6) is 0 Å². The Morgan fingerprint density at radius 3 is 2.81 bits per heavy atom. The molecule has 1 amide bonds. The molecule has 0 spiro atoms. The molecule has 1 aromatic rings. The smallest absolute Gasteiger partial charge is 0.343 e. The van der Waals surface area contributed by atoms with Crippen LogP contribution in [0.4, 0.5) is 10.6 Å². The SMILES string of the molecule is CCCCCCNC(=O)n1nc(C)cc1N. The summed E-state index contributed by atoms with van der Waals surface area (Å²) in [6.45, 7) is 4.64. The minimum atomic E-state index is -0.248. The Bertz CT molecular complexity index is 346. The molecule has 0 radical (unpaired) electrons. The first-order valence-corrected chi connectivity index (χ1v) is 5.75. The van der Waals surface area contributed by atoms with Gasteiger partial charge >= 0.3 is 6.03 Å². The molecule has 0 aromatic carbocycles. The van der Waals surface area contributed by atoms with Crippen molar-refractivity contribution in [2.45, 2.75) is 39.5 Å². The third-order valence-corrected chi connectivity index (χ3v) is 2.36. The molecule has 16 heavy (non-hydrogen) atoms. The van der Waals surface area contributed by atoms with Crippen molar-refractivity contribution in [3.8, 4) is 0 Å². The van der Waals surface area contributed by atoms with E-state index in [2.05, 4.69) is 17.3 Å². The molecule has 0 unspecified atom stereocenters. The lowest BCUT2D eigenvalue weighted by Crippen LogP contribution is -2.31. The van der Waals surface area contributed by atoms with Gasteiger partial charge in [-0.1, -0.05) is 26.2 Å². The van der Waals surface area contributed by atoms with Crippen LogP contribution in [-0.2, 0) is 0 Å². The third kappa shape index (κ3) is 3.56. The summed E-state index contributed by atoms with van der Waals surface area (Å²) < 4.78 is 1.20. The van der Waals surface area contributed by atoms with Gasteiger partial charge < -0.3 is 11.1 Å². The second kappa shape index (κ2) is 6.15. The number of nitrogens with two attached hydrogens (primary N) is 1. The Hall–Kier alpha value is -1.52. The summed E-state index contributed by atoms with van der Waals surface area (Å²) in [6.07, 6.45) is 4.54. The Labute approximate surface area is 96.0 Å². The molecule has 0 aliphatic rings. The molecule has 0 bridgehead atoms. The van der Waals surface area contributed by atoms with E-state index in [0.717, 1.165) is 18.5 Å². The van der Waals surface area contributed by atoms with Crippen LogP contribution in [0.1, 0.15) is 38.3 Å². The summed E-state index contributed by atoms with van der Waals surface area (Å²) in [5.74, 6) is 0.378. The van der Waals surface area contributed by atoms with E-state index >= 15 is 0 Å². The van der Waals surface area contributed by atoms with E-state index in [1.807, 2.05) is 0 Å². The van der Waals surface area contributed by atoms with E-state index in [0.29, 0.717) is 12.4 Å². The Morgan fingerprint density at radius 1 is 1.50 bits per heavy atom. The fourth-order valence-electron chi connectivity index (χ4n) is 1.50. The Morgan fingerprint density at radius 2 is 2.25 bits per heavy atom. The average Bonchev–Trinajstić information content (AvgIpc) is 2.57. The summed E-state index contributed by atoms with van der Waals surface area (Å²) in [5, 5.41) is 6.80. The monoisotopic (exact) mass is 224 g/mol. The number of unbranched alkanes of at least 4 members (excludes halogenated alkanes) is 3. The maximum atomic E-state index is 11.6. The molecule has 3 N–H and O–H groups in total. The number of hydrogen-bond donors (Lipinski definition) is 2. The highest BCUT2D eigenvalue weighted by molar-refractivity contribution is 5.78. The Balaban J connectivity index is 2.33. The van der Waals surface area contributed by atoms with Gasteiger partial charge in [-0.2, -0.15) is 9.78 Å². The molecule has 1 aromatic heterocycles. The molecule has 1 rings (SSSR count). The van der Waals surface area contributed by atoms with Crippen molar-refractivity contribution < 1.29 is 4.79 Å². The second-order valence-electron chi connectivity index (χ2n) is 3.91. The number of aryl methyl sites for hydroxylation is 1. The topological polar surface area (TPSA) is 72.9 Å².